The number of allylic oxidation sites excluding steroid dienone is 5. The van der Waals surface area contributed by atoms with Crippen LogP contribution in [0, 0.1) is 5.41 Å². The molecule has 1 aliphatic carbocycles. The predicted molar refractivity (Wildman–Crippen MR) is 220 cm³/mol. The van der Waals surface area contributed by atoms with Gasteiger partial charge in [0.2, 0.25) is 0 Å². The number of nitrogens with zero attached hydrogens (tertiary/aromatic N) is 3. The van der Waals surface area contributed by atoms with Crippen molar-refractivity contribution in [2.24, 2.45) is 4.99 Å². The molecule has 52 heavy (non-hydrogen) atoms. The third kappa shape index (κ3) is 4.69. The predicted octanol–water partition coefficient (Wildman–Crippen LogP) is 12.0. The Morgan fingerprint density at radius 3 is 1.85 bits per heavy atom. The number of aliphatic imine (C=N–C) groups is 1. The number of rotatable bonds is 5. The molecule has 0 spiro atoms. The highest BCUT2D eigenvalue weighted by molar-refractivity contribution is 6.28. The number of aromatic nitrogens is 2. The highest BCUT2D eigenvalue weighted by atomic mass is 15.0. The Bertz CT molecular complexity index is 2990. The van der Waals surface area contributed by atoms with Crippen molar-refractivity contribution in [1.82, 2.24) is 9.13 Å². The van der Waals surface area contributed by atoms with Gasteiger partial charge in [-0.1, -0.05) is 133 Å². The van der Waals surface area contributed by atoms with E-state index in [1.165, 1.54) is 54.4 Å². The summed E-state index contributed by atoms with van der Waals surface area (Å²) in [7, 11) is 0. The lowest BCUT2D eigenvalue weighted by Crippen LogP contribution is -2.01. The zero-order valence-corrected chi connectivity index (χ0v) is 28.2. The Labute approximate surface area is 300 Å². The number of hydrogen-bond acceptors (Lipinski definition) is 2. The van der Waals surface area contributed by atoms with E-state index in [0.717, 1.165) is 33.8 Å². The van der Waals surface area contributed by atoms with Crippen LogP contribution in [0.4, 0.5) is 0 Å². The summed E-state index contributed by atoms with van der Waals surface area (Å²) in [6, 6.07) is 56.0. The minimum absolute atomic E-state index is 0.454. The van der Waals surface area contributed by atoms with Crippen LogP contribution in [0.25, 0.3) is 71.5 Å². The molecule has 1 N–H and O–H groups in total. The van der Waals surface area contributed by atoms with Crippen LogP contribution in [0.3, 0.4) is 0 Å². The fourth-order valence-corrected chi connectivity index (χ4v) is 7.89. The van der Waals surface area contributed by atoms with E-state index >= 15 is 0 Å². The van der Waals surface area contributed by atoms with Crippen molar-refractivity contribution in [3.63, 3.8) is 0 Å². The van der Waals surface area contributed by atoms with Crippen molar-refractivity contribution < 1.29 is 0 Å². The van der Waals surface area contributed by atoms with Crippen LogP contribution in [-0.4, -0.2) is 21.1 Å². The second-order valence-corrected chi connectivity index (χ2v) is 13.2. The molecule has 0 bridgehead atoms. The van der Waals surface area contributed by atoms with E-state index in [9.17, 15) is 0 Å². The van der Waals surface area contributed by atoms with Gasteiger partial charge in [-0.05, 0) is 59.5 Å². The summed E-state index contributed by atoms with van der Waals surface area (Å²) < 4.78 is 4.79. The molecule has 1 aliphatic rings. The lowest BCUT2D eigenvalue weighted by Gasteiger charge is -2.12. The average molecular weight is 665 g/mol. The first kappa shape index (κ1) is 29.8. The van der Waals surface area contributed by atoms with Crippen LogP contribution in [0.2, 0.25) is 0 Å². The Hall–Kier alpha value is -7.04. The van der Waals surface area contributed by atoms with Gasteiger partial charge in [0.25, 0.3) is 0 Å². The van der Waals surface area contributed by atoms with E-state index in [2.05, 4.69) is 137 Å². The Morgan fingerprint density at radius 1 is 0.481 bits per heavy atom. The number of benzene rings is 7. The van der Waals surface area contributed by atoms with E-state index in [1.807, 2.05) is 60.9 Å². The minimum atomic E-state index is 0.454. The summed E-state index contributed by atoms with van der Waals surface area (Å²) >= 11 is 0. The molecule has 0 aliphatic heterocycles. The lowest BCUT2D eigenvalue weighted by atomic mass is 9.99. The van der Waals surface area contributed by atoms with Crippen LogP contribution < -0.4 is 0 Å². The topological polar surface area (TPSA) is 46.1 Å². The maximum absolute atomic E-state index is 8.54. The molecule has 0 saturated heterocycles. The first-order chi connectivity index (χ1) is 25.7. The molecule has 0 saturated carbocycles. The molecule has 7 aromatic carbocycles. The molecule has 9 aromatic rings. The van der Waals surface area contributed by atoms with Crippen LogP contribution in [0.15, 0.2) is 193 Å². The third-order valence-corrected chi connectivity index (χ3v) is 10.2. The molecule has 4 nitrogen and oxygen atoms in total. The van der Waals surface area contributed by atoms with E-state index < -0.39 is 0 Å². The highest BCUT2D eigenvalue weighted by Crippen LogP contribution is 2.42. The monoisotopic (exact) mass is 664 g/mol. The van der Waals surface area contributed by atoms with Gasteiger partial charge in [0.05, 0.1) is 33.5 Å². The molecule has 244 valence electrons. The number of hydrogen-bond donors (Lipinski definition) is 1. The summed E-state index contributed by atoms with van der Waals surface area (Å²) in [5.41, 5.74) is 11.0. The summed E-state index contributed by atoms with van der Waals surface area (Å²) in [6.07, 6.45) is 9.52. The summed E-state index contributed by atoms with van der Waals surface area (Å²) in [6.45, 7) is 0. The van der Waals surface area contributed by atoms with Gasteiger partial charge in [-0.25, -0.2) is 0 Å². The molecule has 0 unspecified atom stereocenters. The standard InChI is InChI=1S/C48H32N4/c49-42-20-10-7-18-40(42)47(33-13-3-1-4-14-33)50-31-32-23-25-35(26-24-32)51-44-22-12-9-19-41(44)46-37-27-28-38-36-17-8-11-21-43(36)52(34-15-5-2-6-16-34)48(38)39(37)29-30-45(46)51/h1-31,49H/b47-40-,49-42?,50-31+. The summed E-state index contributed by atoms with van der Waals surface area (Å²) in [4.78, 5) is 4.95. The second-order valence-electron chi connectivity index (χ2n) is 13.2. The van der Waals surface area contributed by atoms with Crippen molar-refractivity contribution in [2.45, 2.75) is 0 Å². The fraction of sp³-hybridized carbons (Fsp3) is 0. The molecule has 0 radical (unpaired) electrons. The van der Waals surface area contributed by atoms with Gasteiger partial charge in [0.15, 0.2) is 0 Å². The lowest BCUT2D eigenvalue weighted by molar-refractivity contribution is 1.18. The van der Waals surface area contributed by atoms with Gasteiger partial charge in [-0.3, -0.25) is 4.99 Å². The first-order valence-corrected chi connectivity index (χ1v) is 17.6. The molecule has 2 aromatic heterocycles. The van der Waals surface area contributed by atoms with Gasteiger partial charge in [0.1, 0.15) is 0 Å². The van der Waals surface area contributed by atoms with Crippen LogP contribution in [0.5, 0.6) is 0 Å². The molecule has 2 heterocycles. The molecule has 0 atom stereocenters. The van der Waals surface area contributed by atoms with Gasteiger partial charge in [0, 0.05) is 55.7 Å². The first-order valence-electron chi connectivity index (χ1n) is 17.6. The Balaban J connectivity index is 1.13. The van der Waals surface area contributed by atoms with Crippen molar-refractivity contribution in [2.75, 3.05) is 0 Å². The molecule has 0 fully saturated rings. The smallest absolute Gasteiger partial charge is 0.0795 e. The third-order valence-electron chi connectivity index (χ3n) is 10.2. The maximum atomic E-state index is 8.54. The minimum Gasteiger partial charge on any atom is -0.309 e. The second kappa shape index (κ2) is 12.1. The Kier molecular flexibility index (Phi) is 6.93. The number of fused-ring (bicyclic) bond motifs is 9. The average Bonchev–Trinajstić information content (AvgIpc) is 3.73. The molecular formula is C48H32N4. The zero-order valence-electron chi connectivity index (χ0n) is 28.2. The van der Waals surface area contributed by atoms with E-state index in [4.69, 9.17) is 10.4 Å². The van der Waals surface area contributed by atoms with E-state index in [-0.39, 0.29) is 0 Å². The highest BCUT2D eigenvalue weighted by Gasteiger charge is 2.19. The van der Waals surface area contributed by atoms with Crippen molar-refractivity contribution >= 4 is 72.0 Å². The van der Waals surface area contributed by atoms with Gasteiger partial charge < -0.3 is 14.5 Å². The fourth-order valence-electron chi connectivity index (χ4n) is 7.89. The SMILES string of the molecule is N=C1C=CC=C/C1=C(/N=C/c1ccc(-n2c3ccccc3c3c4ccc5c6ccccc6n(-c6ccccc6)c5c4ccc32)cc1)c1ccccc1. The molecule has 4 heteroatoms. The molecule has 0 amide bonds. The largest absolute Gasteiger partial charge is 0.309 e. The maximum Gasteiger partial charge on any atom is 0.0795 e. The zero-order chi connectivity index (χ0) is 34.6. The van der Waals surface area contributed by atoms with Crippen LogP contribution >= 0.6 is 0 Å². The quantitative estimate of drug-likeness (QED) is 0.178. The summed E-state index contributed by atoms with van der Waals surface area (Å²) in [5.74, 6) is 0. The normalized spacial score (nSPS) is 14.2. The van der Waals surface area contributed by atoms with Gasteiger partial charge in [-0.15, -0.1) is 0 Å². The van der Waals surface area contributed by atoms with E-state index in [0.29, 0.717) is 5.71 Å². The Morgan fingerprint density at radius 2 is 1.08 bits per heavy atom. The molecule has 10 rings (SSSR count). The number of nitrogens with one attached hydrogen (secondary N) is 1. The van der Waals surface area contributed by atoms with E-state index in [1.54, 1.807) is 0 Å². The summed E-state index contributed by atoms with van der Waals surface area (Å²) in [5, 5.41) is 16.0. The van der Waals surface area contributed by atoms with Crippen molar-refractivity contribution in [1.29, 1.82) is 5.41 Å². The number of para-hydroxylation sites is 3. The van der Waals surface area contributed by atoms with Crippen molar-refractivity contribution in [3.8, 4) is 11.4 Å². The van der Waals surface area contributed by atoms with Gasteiger partial charge in [-0.2, -0.15) is 0 Å². The van der Waals surface area contributed by atoms with Gasteiger partial charge >= 0.3 is 0 Å². The van der Waals surface area contributed by atoms with Crippen LogP contribution in [-0.2, 0) is 0 Å². The van der Waals surface area contributed by atoms with Crippen LogP contribution in [0.1, 0.15) is 11.1 Å². The molecular weight excluding hydrogens is 633 g/mol. The van der Waals surface area contributed by atoms with Crippen molar-refractivity contribution in [3.05, 3.63) is 199 Å².